The largest absolute Gasteiger partial charge is 0.493 e. The van der Waals surface area contributed by atoms with E-state index in [1.165, 1.54) is 19.1 Å². The molecule has 1 aromatic carbocycles. The van der Waals surface area contributed by atoms with Crippen LogP contribution in [-0.2, 0) is 9.59 Å². The van der Waals surface area contributed by atoms with E-state index in [2.05, 4.69) is 0 Å². The van der Waals surface area contributed by atoms with Crippen molar-refractivity contribution in [2.24, 2.45) is 0 Å². The number of anilines is 1. The maximum Gasteiger partial charge on any atom is 0.305 e. The van der Waals surface area contributed by atoms with Crippen molar-refractivity contribution in [2.75, 3.05) is 25.7 Å². The lowest BCUT2D eigenvalue weighted by Crippen LogP contribution is -2.32. The topological polar surface area (TPSA) is 76.1 Å². The van der Waals surface area contributed by atoms with Crippen LogP contribution in [0.1, 0.15) is 32.6 Å². The molecule has 0 saturated carbocycles. The average Bonchev–Trinajstić information content (AvgIpc) is 2.52. The van der Waals surface area contributed by atoms with E-state index in [4.69, 9.17) is 14.6 Å². The second-order valence-corrected chi connectivity index (χ2v) is 4.83. The number of rotatable bonds is 9. The zero-order valence-electron chi connectivity index (χ0n) is 13.3. The summed E-state index contributed by atoms with van der Waals surface area (Å²) in [6.45, 7) is 2.14. The van der Waals surface area contributed by atoms with Gasteiger partial charge in [-0.1, -0.05) is 13.3 Å². The molecule has 0 saturated heterocycles. The number of amides is 1. The van der Waals surface area contributed by atoms with Gasteiger partial charge in [0.05, 0.1) is 20.6 Å². The molecule has 0 heterocycles. The van der Waals surface area contributed by atoms with Crippen LogP contribution in [0.4, 0.5) is 5.69 Å². The minimum atomic E-state index is -0.936. The molecule has 0 aliphatic heterocycles. The highest BCUT2D eigenvalue weighted by atomic mass is 16.5. The lowest BCUT2D eigenvalue weighted by atomic mass is 10.2. The van der Waals surface area contributed by atoms with Crippen LogP contribution < -0.4 is 14.4 Å². The Bertz CT molecular complexity index is 515. The van der Waals surface area contributed by atoms with Crippen molar-refractivity contribution in [1.29, 1.82) is 0 Å². The minimum absolute atomic E-state index is 0.0877. The standard InChI is InChI=1S/C16H23NO5/c1-4-5-6-15(18)17(10-9-16(19)20)12-7-8-13(21-2)14(11-12)22-3/h7-8,11H,4-6,9-10H2,1-3H3,(H,19,20). The summed E-state index contributed by atoms with van der Waals surface area (Å²) in [6, 6.07) is 5.12. The van der Waals surface area contributed by atoms with Gasteiger partial charge in [0.25, 0.3) is 0 Å². The van der Waals surface area contributed by atoms with Gasteiger partial charge in [0, 0.05) is 24.7 Å². The number of methoxy groups -OCH3 is 2. The number of ether oxygens (including phenoxy) is 2. The first-order valence-corrected chi connectivity index (χ1v) is 7.27. The van der Waals surface area contributed by atoms with Gasteiger partial charge in [0.15, 0.2) is 11.5 Å². The van der Waals surface area contributed by atoms with Crippen molar-refractivity contribution in [2.45, 2.75) is 32.6 Å². The zero-order valence-corrected chi connectivity index (χ0v) is 13.3. The first-order valence-electron chi connectivity index (χ1n) is 7.27. The number of unbranched alkanes of at least 4 members (excludes halogenated alkanes) is 1. The third kappa shape index (κ3) is 4.95. The van der Waals surface area contributed by atoms with Crippen LogP contribution in [0, 0.1) is 0 Å². The molecular weight excluding hydrogens is 286 g/mol. The SMILES string of the molecule is CCCCC(=O)N(CCC(=O)O)c1ccc(OC)c(OC)c1. The van der Waals surface area contributed by atoms with E-state index < -0.39 is 5.97 Å². The molecule has 22 heavy (non-hydrogen) atoms. The molecular formula is C16H23NO5. The van der Waals surface area contributed by atoms with Crippen molar-refractivity contribution in [3.05, 3.63) is 18.2 Å². The highest BCUT2D eigenvalue weighted by Gasteiger charge is 2.18. The Labute approximate surface area is 130 Å². The van der Waals surface area contributed by atoms with Crippen molar-refractivity contribution < 1.29 is 24.2 Å². The van der Waals surface area contributed by atoms with Gasteiger partial charge in [-0.25, -0.2) is 0 Å². The number of hydrogen-bond donors (Lipinski definition) is 1. The smallest absolute Gasteiger partial charge is 0.305 e. The highest BCUT2D eigenvalue weighted by Crippen LogP contribution is 2.32. The van der Waals surface area contributed by atoms with Crippen molar-refractivity contribution >= 4 is 17.6 Å². The number of carboxylic acids is 1. The predicted molar refractivity (Wildman–Crippen MR) is 83.7 cm³/mol. The fourth-order valence-corrected chi connectivity index (χ4v) is 2.06. The van der Waals surface area contributed by atoms with Crippen molar-refractivity contribution in [1.82, 2.24) is 0 Å². The van der Waals surface area contributed by atoms with Crippen LogP contribution in [0.3, 0.4) is 0 Å². The molecule has 0 aromatic heterocycles. The Kier molecular flexibility index (Phi) is 7.22. The number of benzene rings is 1. The van der Waals surface area contributed by atoms with Gasteiger partial charge in [-0.2, -0.15) is 0 Å². The molecule has 1 amide bonds. The first-order chi connectivity index (χ1) is 10.5. The lowest BCUT2D eigenvalue weighted by Gasteiger charge is -2.23. The van der Waals surface area contributed by atoms with Gasteiger partial charge < -0.3 is 19.5 Å². The highest BCUT2D eigenvalue weighted by molar-refractivity contribution is 5.94. The van der Waals surface area contributed by atoms with Crippen molar-refractivity contribution in [3.63, 3.8) is 0 Å². The summed E-state index contributed by atoms with van der Waals surface area (Å²) < 4.78 is 10.4. The molecule has 122 valence electrons. The summed E-state index contributed by atoms with van der Waals surface area (Å²) in [5.41, 5.74) is 0.611. The van der Waals surface area contributed by atoms with E-state index in [-0.39, 0.29) is 18.9 Å². The number of carbonyl (C=O) groups is 2. The average molecular weight is 309 g/mol. The molecule has 0 spiro atoms. The summed E-state index contributed by atoms with van der Waals surface area (Å²) in [6.07, 6.45) is 1.97. The summed E-state index contributed by atoms with van der Waals surface area (Å²) >= 11 is 0. The number of hydrogen-bond acceptors (Lipinski definition) is 4. The van der Waals surface area contributed by atoms with Gasteiger partial charge in [0.2, 0.25) is 5.91 Å². The maximum atomic E-state index is 12.3. The molecule has 0 aliphatic rings. The van der Waals surface area contributed by atoms with Gasteiger partial charge in [-0.15, -0.1) is 0 Å². The molecule has 0 unspecified atom stereocenters. The van der Waals surface area contributed by atoms with E-state index in [1.807, 2.05) is 6.92 Å². The monoisotopic (exact) mass is 309 g/mol. The van der Waals surface area contributed by atoms with Gasteiger partial charge in [-0.3, -0.25) is 9.59 Å². The Balaban J connectivity index is 3.03. The van der Waals surface area contributed by atoms with Crippen LogP contribution in [0.15, 0.2) is 18.2 Å². The van der Waals surface area contributed by atoms with Gasteiger partial charge in [-0.05, 0) is 18.6 Å². The summed E-state index contributed by atoms with van der Waals surface area (Å²) in [5, 5.41) is 8.87. The van der Waals surface area contributed by atoms with Gasteiger partial charge in [0.1, 0.15) is 0 Å². The summed E-state index contributed by atoms with van der Waals surface area (Å²) in [5.74, 6) is 0.0400. The van der Waals surface area contributed by atoms with Crippen LogP contribution >= 0.6 is 0 Å². The maximum absolute atomic E-state index is 12.3. The first kappa shape index (κ1) is 17.8. The molecule has 0 fully saturated rings. The van der Waals surface area contributed by atoms with Crippen LogP contribution in [-0.4, -0.2) is 37.7 Å². The third-order valence-electron chi connectivity index (χ3n) is 3.27. The van der Waals surface area contributed by atoms with E-state index in [1.54, 1.807) is 18.2 Å². The number of aliphatic carboxylic acids is 1. The molecule has 1 N–H and O–H groups in total. The molecule has 6 heteroatoms. The summed E-state index contributed by atoms with van der Waals surface area (Å²) in [7, 11) is 3.05. The third-order valence-corrected chi connectivity index (χ3v) is 3.27. The van der Waals surface area contributed by atoms with Crippen molar-refractivity contribution in [3.8, 4) is 11.5 Å². The lowest BCUT2D eigenvalue weighted by molar-refractivity contribution is -0.136. The molecule has 0 radical (unpaired) electrons. The van der Waals surface area contributed by atoms with E-state index in [0.29, 0.717) is 23.6 Å². The number of carboxylic acid groups (broad SMARTS) is 1. The Hall–Kier alpha value is -2.24. The number of carbonyl (C=O) groups excluding carboxylic acids is 1. The van der Waals surface area contributed by atoms with E-state index in [9.17, 15) is 9.59 Å². The fraction of sp³-hybridized carbons (Fsp3) is 0.500. The van der Waals surface area contributed by atoms with Crippen LogP contribution in [0.2, 0.25) is 0 Å². The quantitative estimate of drug-likeness (QED) is 0.759. The second-order valence-electron chi connectivity index (χ2n) is 4.83. The molecule has 0 atom stereocenters. The molecule has 1 aromatic rings. The Morgan fingerprint density at radius 3 is 2.36 bits per heavy atom. The molecule has 6 nitrogen and oxygen atoms in total. The Morgan fingerprint density at radius 1 is 1.14 bits per heavy atom. The zero-order chi connectivity index (χ0) is 16.5. The van der Waals surface area contributed by atoms with Crippen LogP contribution in [0.5, 0.6) is 11.5 Å². The van der Waals surface area contributed by atoms with E-state index in [0.717, 1.165) is 12.8 Å². The number of nitrogens with zero attached hydrogens (tertiary/aromatic N) is 1. The fourth-order valence-electron chi connectivity index (χ4n) is 2.06. The molecule has 1 rings (SSSR count). The predicted octanol–water partition coefficient (Wildman–Crippen LogP) is 2.70. The van der Waals surface area contributed by atoms with Gasteiger partial charge >= 0.3 is 5.97 Å². The molecule has 0 aliphatic carbocycles. The Morgan fingerprint density at radius 2 is 1.82 bits per heavy atom. The normalized spacial score (nSPS) is 10.1. The van der Waals surface area contributed by atoms with Crippen LogP contribution in [0.25, 0.3) is 0 Å². The minimum Gasteiger partial charge on any atom is -0.493 e. The summed E-state index contributed by atoms with van der Waals surface area (Å²) in [4.78, 5) is 24.6. The second kappa shape index (κ2) is 8.92. The molecule has 0 bridgehead atoms. The van der Waals surface area contributed by atoms with E-state index >= 15 is 0 Å².